The smallest absolute Gasteiger partial charge is 0.245 e. The maximum absolute atomic E-state index is 15.3. The third-order valence-electron chi connectivity index (χ3n) is 18.8. The summed E-state index contributed by atoms with van der Waals surface area (Å²) < 4.78 is 12.0. The predicted octanol–water partition coefficient (Wildman–Crippen LogP) is -3.37. The van der Waals surface area contributed by atoms with Crippen molar-refractivity contribution in [2.45, 2.75) is 203 Å². The number of carbonyl (C=O) groups excluding carboxylic acids is 12. The van der Waals surface area contributed by atoms with Crippen molar-refractivity contribution in [2.75, 3.05) is 52.5 Å². The monoisotopic (exact) mass is 1620 g/mol. The van der Waals surface area contributed by atoms with Gasteiger partial charge < -0.3 is 123 Å². The fourth-order valence-electron chi connectivity index (χ4n) is 12.9. The van der Waals surface area contributed by atoms with Crippen LogP contribution in [0.3, 0.4) is 0 Å². The number of nitrogens with one attached hydrogen (secondary N) is 18. The fourth-order valence-corrected chi connectivity index (χ4v) is 12.9. The van der Waals surface area contributed by atoms with Gasteiger partial charge in [-0.3, -0.25) is 79.2 Å². The molecule has 636 valence electrons. The molecular weight excluding hydrogens is 1500 g/mol. The summed E-state index contributed by atoms with van der Waals surface area (Å²) in [6, 6.07) is 7.61. The number of primary amides is 1. The number of fused-ring (bicyclic) bond motifs is 4. The van der Waals surface area contributed by atoms with E-state index in [1.54, 1.807) is 105 Å². The molecule has 3 aromatic rings. The first-order valence-corrected chi connectivity index (χ1v) is 39.0. The van der Waals surface area contributed by atoms with E-state index in [4.69, 9.17) is 65.5 Å². The van der Waals surface area contributed by atoms with Gasteiger partial charge in [0.1, 0.15) is 91.2 Å². The van der Waals surface area contributed by atoms with Crippen LogP contribution >= 0.6 is 0 Å². The topological polar surface area (TPSA) is 646 Å². The number of guanidine groups is 4. The highest BCUT2D eigenvalue weighted by Crippen LogP contribution is 2.23. The number of hydrogen-bond acceptors (Lipinski definition) is 19. The summed E-state index contributed by atoms with van der Waals surface area (Å²) in [7, 11) is 0. The number of nitrogens with two attached hydrogens (primary N) is 6. The number of amides is 12. The Bertz CT molecular complexity index is 3870. The maximum atomic E-state index is 15.3. The molecule has 39 heteroatoms. The van der Waals surface area contributed by atoms with Crippen LogP contribution in [0.25, 0.3) is 0 Å². The Balaban J connectivity index is 1.46. The molecule has 3 aromatic carbocycles. The lowest BCUT2D eigenvalue weighted by Gasteiger charge is -2.30. The van der Waals surface area contributed by atoms with E-state index in [0.29, 0.717) is 54.0 Å². The number of rotatable bonds is 43. The molecule has 0 aliphatic carbocycles. The standard InChI is InChI=1S/C77H119N25O14/c1-45(2)39-58(68(109)96-55(27-15-33-89-75(82)83)66(107)95-54(26-14-32-88-74(80)81)65(106)92-46(3)64(105)98-57(29-17-35-91-77(86)87)73(114)102-36-18-30-62(102)72(113)94-53(63(79)104)25-8-9-31-78)99-67(108)56(28-16-34-90-76(84)85)97-70(111)60-43-49-21-12-23-51(40-49)115-37-10-11-38-116-52-24-13-22-50(41-52)44-61(71(112)101-60)100-69(110)59(93-47(4)103)42-48-19-6-5-7-20-48/h5-7,10-13,19-24,40-41,45-46,53-62H,8-9,14-18,25-39,42-44,78H2,1-4H3,(H2,79,104)(H,92,106)(H,93,103)(H,94,113)(H,95,107)(H,96,109)(H,97,111)(H,98,105)(H,99,108)(H,100,110)(H,101,112)(H4,80,81,88)(H4,82,83,89)(H4,84,85,90)(H4,86,87,91)/b11-10-/t46-,53+,54+,55+,56+,57+,58+,59+,60+,61+,62+/m1/s1. The summed E-state index contributed by atoms with van der Waals surface area (Å²) in [5.41, 5.74) is 35.3. The second-order valence-corrected chi connectivity index (χ2v) is 28.9. The summed E-state index contributed by atoms with van der Waals surface area (Å²) in [6.07, 6.45) is 4.92. The Hall–Kier alpha value is -12.3. The number of carbonyl (C=O) groups is 12. The predicted molar refractivity (Wildman–Crippen MR) is 434 cm³/mol. The van der Waals surface area contributed by atoms with Crippen molar-refractivity contribution in [1.29, 1.82) is 21.6 Å². The summed E-state index contributed by atoms with van der Waals surface area (Å²) >= 11 is 0. The molecule has 0 aromatic heterocycles. The van der Waals surface area contributed by atoms with Crippen LogP contribution in [-0.4, -0.2) is 219 Å². The summed E-state index contributed by atoms with van der Waals surface area (Å²) in [4.78, 5) is 173. The molecule has 0 unspecified atom stereocenters. The minimum absolute atomic E-state index is 0.0205. The second kappa shape index (κ2) is 50.0. The molecular formula is C77H119N25O14. The van der Waals surface area contributed by atoms with Crippen molar-refractivity contribution in [3.63, 3.8) is 0 Å². The lowest BCUT2D eigenvalue weighted by atomic mass is 9.99. The van der Waals surface area contributed by atoms with Crippen LogP contribution in [0.5, 0.6) is 11.5 Å². The first kappa shape index (κ1) is 94.3. The van der Waals surface area contributed by atoms with E-state index in [0.717, 1.165) is 0 Å². The number of hydrogen-bond donors (Lipinski definition) is 24. The molecule has 2 aliphatic heterocycles. The first-order chi connectivity index (χ1) is 55.3. The molecule has 2 heterocycles. The number of unbranched alkanes of at least 4 members (excludes halogenated alkanes) is 1. The maximum Gasteiger partial charge on any atom is 0.245 e. The Morgan fingerprint density at radius 1 is 0.509 bits per heavy atom. The second-order valence-electron chi connectivity index (χ2n) is 28.9. The van der Waals surface area contributed by atoms with Gasteiger partial charge in [0.05, 0.1) is 0 Å². The highest BCUT2D eigenvalue weighted by atomic mass is 16.5. The van der Waals surface area contributed by atoms with E-state index in [2.05, 4.69) is 74.4 Å². The van der Waals surface area contributed by atoms with Crippen LogP contribution < -0.4 is 118 Å². The highest BCUT2D eigenvalue weighted by Gasteiger charge is 2.41. The molecule has 116 heavy (non-hydrogen) atoms. The van der Waals surface area contributed by atoms with E-state index >= 15 is 19.2 Å². The highest BCUT2D eigenvalue weighted by molar-refractivity contribution is 6.00. The van der Waals surface area contributed by atoms with Crippen molar-refractivity contribution >= 4 is 94.7 Å². The third-order valence-corrected chi connectivity index (χ3v) is 18.8. The largest absolute Gasteiger partial charge is 0.490 e. The Morgan fingerprint density at radius 2 is 0.974 bits per heavy atom. The van der Waals surface area contributed by atoms with Gasteiger partial charge in [0.15, 0.2) is 23.8 Å². The van der Waals surface area contributed by atoms with Crippen LogP contribution in [0, 0.1) is 27.6 Å². The SMILES string of the molecule is CC(=O)N[C@@H](Cc1ccccc1)C(=O)N[C@H]1Cc2cccc(c2)OC/C=C\COc2cccc(c2)C[C@@H](C(=O)N[C@@H](CCCNC(=N)N)C(=O)N[C@@H](CC(C)C)C(=O)N[C@@H](CCCNC(=N)N)C(=O)N[C@@H](CCCNC(=N)N)C(=O)N[C@H](C)C(=O)N[C@@H](CCCNC(=N)N)C(=O)N2CCC[C@H]2C(=O)N[C@@H](CCCCN)C(N)=O)NC1=O. The molecule has 0 radical (unpaired) electrons. The van der Waals surface area contributed by atoms with E-state index in [1.165, 1.54) is 18.7 Å². The number of likely N-dealkylation sites (tertiary alicyclic amines) is 1. The summed E-state index contributed by atoms with van der Waals surface area (Å²) in [6.45, 7) is 7.05. The van der Waals surface area contributed by atoms with Crippen molar-refractivity contribution in [3.8, 4) is 11.5 Å². The van der Waals surface area contributed by atoms with Gasteiger partial charge in [-0.05, 0) is 162 Å². The third kappa shape index (κ3) is 35.0. The lowest BCUT2D eigenvalue weighted by molar-refractivity contribution is -0.142. The van der Waals surface area contributed by atoms with Crippen LogP contribution in [0.2, 0.25) is 0 Å². The molecule has 4 bridgehead atoms. The van der Waals surface area contributed by atoms with Gasteiger partial charge in [0, 0.05) is 58.9 Å². The minimum atomic E-state index is -1.52. The van der Waals surface area contributed by atoms with Crippen molar-refractivity contribution in [1.82, 2.24) is 79.3 Å². The average molecular weight is 1620 g/mol. The van der Waals surface area contributed by atoms with Gasteiger partial charge in [-0.1, -0.05) is 68.4 Å². The summed E-state index contributed by atoms with van der Waals surface area (Å²) in [5.74, 6) is -10.6. The van der Waals surface area contributed by atoms with E-state index in [1.807, 2.05) is 0 Å². The van der Waals surface area contributed by atoms with Gasteiger partial charge in [0.2, 0.25) is 70.9 Å². The zero-order valence-corrected chi connectivity index (χ0v) is 66.4. The van der Waals surface area contributed by atoms with Crippen molar-refractivity contribution < 1.29 is 67.0 Å². The Kier molecular flexibility index (Phi) is 40.7. The van der Waals surface area contributed by atoms with Gasteiger partial charge in [0.25, 0.3) is 0 Å². The van der Waals surface area contributed by atoms with Crippen LogP contribution in [0.15, 0.2) is 91.0 Å². The van der Waals surface area contributed by atoms with E-state index in [-0.39, 0.29) is 148 Å². The Labute approximate surface area is 675 Å². The molecule has 30 N–H and O–H groups in total. The minimum Gasteiger partial charge on any atom is -0.490 e. The molecule has 0 saturated carbocycles. The van der Waals surface area contributed by atoms with Crippen LogP contribution in [0.4, 0.5) is 0 Å². The summed E-state index contributed by atoms with van der Waals surface area (Å²) in [5, 5.41) is 68.8. The van der Waals surface area contributed by atoms with Crippen LogP contribution in [-0.2, 0) is 76.8 Å². The van der Waals surface area contributed by atoms with Gasteiger partial charge in [-0.15, -0.1) is 0 Å². The van der Waals surface area contributed by atoms with E-state index in [9.17, 15) is 38.4 Å². The molecule has 5 rings (SSSR count). The molecule has 1 fully saturated rings. The van der Waals surface area contributed by atoms with Crippen molar-refractivity contribution in [2.24, 2.45) is 40.3 Å². The van der Waals surface area contributed by atoms with E-state index < -0.39 is 155 Å². The molecule has 2 aliphatic rings. The van der Waals surface area contributed by atoms with Gasteiger partial charge in [-0.25, -0.2) is 0 Å². The van der Waals surface area contributed by atoms with Gasteiger partial charge >= 0.3 is 0 Å². The molecule has 11 atom stereocenters. The zero-order chi connectivity index (χ0) is 85.2. The number of benzene rings is 3. The molecule has 39 nitrogen and oxygen atoms in total. The average Bonchev–Trinajstić information content (AvgIpc) is 1.59. The number of nitrogens with zero attached hydrogens (tertiary/aromatic N) is 1. The van der Waals surface area contributed by atoms with Gasteiger partial charge in [-0.2, -0.15) is 0 Å². The van der Waals surface area contributed by atoms with Crippen molar-refractivity contribution in [3.05, 3.63) is 108 Å². The molecule has 1 saturated heterocycles. The Morgan fingerprint density at radius 3 is 1.47 bits per heavy atom. The normalized spacial score (nSPS) is 17.0. The zero-order valence-electron chi connectivity index (χ0n) is 66.4. The lowest BCUT2D eigenvalue weighted by Crippen LogP contribution is -2.61. The quantitative estimate of drug-likeness (QED) is 0.0114. The molecule has 0 spiro atoms. The fraction of sp³-hybridized carbons (Fsp3) is 0.532. The number of ether oxygens (including phenoxy) is 2. The first-order valence-electron chi connectivity index (χ1n) is 39.0. The van der Waals surface area contributed by atoms with Crippen LogP contribution in [0.1, 0.15) is 134 Å². The molecule has 12 amide bonds.